The number of hydrogen-bond donors (Lipinski definition) is 2. The number of rotatable bonds is 4. The van der Waals surface area contributed by atoms with E-state index in [-0.39, 0.29) is 17.5 Å². The Labute approximate surface area is 167 Å². The molecule has 1 amide bonds. The van der Waals surface area contributed by atoms with Gasteiger partial charge in [-0.2, -0.15) is 10.2 Å². The van der Waals surface area contributed by atoms with E-state index in [1.54, 1.807) is 4.57 Å². The second-order valence-corrected chi connectivity index (χ2v) is 8.11. The average Bonchev–Trinajstić information content (AvgIpc) is 3.35. The highest BCUT2D eigenvalue weighted by molar-refractivity contribution is 5.92. The summed E-state index contributed by atoms with van der Waals surface area (Å²) < 4.78 is 1.65. The molecule has 0 unspecified atom stereocenters. The van der Waals surface area contributed by atoms with E-state index in [9.17, 15) is 9.59 Å². The van der Waals surface area contributed by atoms with Crippen molar-refractivity contribution in [3.63, 3.8) is 0 Å². The van der Waals surface area contributed by atoms with Crippen LogP contribution in [0.3, 0.4) is 0 Å². The van der Waals surface area contributed by atoms with Crippen molar-refractivity contribution in [1.29, 1.82) is 0 Å². The zero-order chi connectivity index (χ0) is 20.0. The molecule has 1 aliphatic heterocycles. The van der Waals surface area contributed by atoms with E-state index >= 15 is 0 Å². The molecule has 0 spiro atoms. The maximum Gasteiger partial charge on any atom is 0.347 e. The quantitative estimate of drug-likeness (QED) is 0.712. The molecule has 1 saturated carbocycles. The van der Waals surface area contributed by atoms with Gasteiger partial charge >= 0.3 is 5.69 Å². The van der Waals surface area contributed by atoms with Gasteiger partial charge in [0.1, 0.15) is 11.5 Å². The summed E-state index contributed by atoms with van der Waals surface area (Å²) in [6.07, 6.45) is 3.88. The minimum absolute atomic E-state index is 0.0236. The van der Waals surface area contributed by atoms with Crippen LogP contribution in [0.2, 0.25) is 0 Å². The third-order valence-corrected chi connectivity index (χ3v) is 5.97. The van der Waals surface area contributed by atoms with Crippen LogP contribution in [0.4, 0.5) is 0 Å². The zero-order valence-electron chi connectivity index (χ0n) is 16.4. The van der Waals surface area contributed by atoms with E-state index in [4.69, 9.17) is 0 Å². The Hall–Kier alpha value is -3.16. The number of carbonyl (C=O) groups excluding carboxylic acids is 1. The molecule has 3 heterocycles. The van der Waals surface area contributed by atoms with Crippen LogP contribution in [0.1, 0.15) is 65.1 Å². The Bertz CT molecular complexity index is 1080. The number of nitrogens with one attached hydrogen (secondary N) is 2. The van der Waals surface area contributed by atoms with E-state index < -0.39 is 0 Å². The Morgan fingerprint density at radius 1 is 1.00 bits per heavy atom. The first kappa shape index (κ1) is 17.9. The third-order valence-electron chi connectivity index (χ3n) is 5.97. The van der Waals surface area contributed by atoms with Crippen LogP contribution >= 0.6 is 0 Å². The molecule has 3 aromatic rings. The summed E-state index contributed by atoms with van der Waals surface area (Å²) in [4.78, 5) is 27.0. The predicted octanol–water partition coefficient (Wildman–Crippen LogP) is 2.49. The standard InChI is InChI=1S/C21H24N6O2/c1-13-2-6-16(7-3-13)27-19(24-25-21(27)29)15-8-10-26(11-9-15)20(28)18-12-17(22-23-18)14-4-5-14/h2-3,6-7,12,14-15H,4-5,8-11H2,1H3,(H,22,23)(H,25,29). The fourth-order valence-electron chi connectivity index (χ4n) is 4.08. The SMILES string of the molecule is Cc1ccc(-n2c(C3CCN(C(=O)c4cc(C5CC5)[nH]n4)CC3)n[nH]c2=O)cc1. The van der Waals surface area contributed by atoms with Gasteiger partial charge in [0.25, 0.3) is 5.91 Å². The molecular formula is C21H24N6O2. The fourth-order valence-corrected chi connectivity index (χ4v) is 4.08. The number of carbonyl (C=O) groups is 1. The highest BCUT2D eigenvalue weighted by Crippen LogP contribution is 2.39. The Morgan fingerprint density at radius 2 is 1.72 bits per heavy atom. The van der Waals surface area contributed by atoms with Crippen molar-refractivity contribution in [1.82, 2.24) is 29.9 Å². The lowest BCUT2D eigenvalue weighted by molar-refractivity contribution is 0.0704. The van der Waals surface area contributed by atoms with Crippen molar-refractivity contribution in [3.05, 3.63) is 63.6 Å². The Morgan fingerprint density at radius 3 is 2.41 bits per heavy atom. The average molecular weight is 392 g/mol. The van der Waals surface area contributed by atoms with E-state index in [1.165, 1.54) is 12.8 Å². The van der Waals surface area contributed by atoms with Gasteiger partial charge in [0, 0.05) is 30.6 Å². The largest absolute Gasteiger partial charge is 0.347 e. The van der Waals surface area contributed by atoms with E-state index in [0.29, 0.717) is 24.7 Å². The van der Waals surface area contributed by atoms with Crippen LogP contribution < -0.4 is 5.69 Å². The second-order valence-electron chi connectivity index (χ2n) is 8.11. The number of hydrogen-bond acceptors (Lipinski definition) is 4. The highest BCUT2D eigenvalue weighted by atomic mass is 16.2. The predicted molar refractivity (Wildman–Crippen MR) is 107 cm³/mol. The number of amides is 1. The lowest BCUT2D eigenvalue weighted by atomic mass is 9.95. The third kappa shape index (κ3) is 3.39. The van der Waals surface area contributed by atoms with Crippen molar-refractivity contribution < 1.29 is 4.79 Å². The topological polar surface area (TPSA) is 99.7 Å². The number of aromatic nitrogens is 5. The van der Waals surface area contributed by atoms with Crippen LogP contribution in [0.5, 0.6) is 0 Å². The summed E-state index contributed by atoms with van der Waals surface area (Å²) in [7, 11) is 0. The minimum atomic E-state index is -0.230. The van der Waals surface area contributed by atoms with Gasteiger partial charge in [0.05, 0.1) is 5.69 Å². The molecule has 150 valence electrons. The lowest BCUT2D eigenvalue weighted by Gasteiger charge is -2.31. The monoisotopic (exact) mass is 392 g/mol. The lowest BCUT2D eigenvalue weighted by Crippen LogP contribution is -2.38. The molecule has 29 heavy (non-hydrogen) atoms. The molecule has 0 atom stereocenters. The summed E-state index contributed by atoms with van der Waals surface area (Å²) in [5.74, 6) is 1.39. The first-order valence-corrected chi connectivity index (χ1v) is 10.2. The molecule has 0 radical (unpaired) electrons. The van der Waals surface area contributed by atoms with Crippen molar-refractivity contribution in [3.8, 4) is 5.69 Å². The highest BCUT2D eigenvalue weighted by Gasteiger charge is 2.31. The fraction of sp³-hybridized carbons (Fsp3) is 0.429. The van der Waals surface area contributed by atoms with Gasteiger partial charge in [-0.3, -0.25) is 9.89 Å². The van der Waals surface area contributed by atoms with Gasteiger partial charge < -0.3 is 4.90 Å². The molecular weight excluding hydrogens is 368 g/mol. The molecule has 2 aliphatic rings. The number of piperidine rings is 1. The van der Waals surface area contributed by atoms with Crippen molar-refractivity contribution in [2.45, 2.75) is 44.4 Å². The van der Waals surface area contributed by atoms with Crippen LogP contribution in [-0.2, 0) is 0 Å². The number of benzene rings is 1. The second kappa shape index (κ2) is 7.02. The molecule has 5 rings (SSSR count). The van der Waals surface area contributed by atoms with Crippen molar-refractivity contribution in [2.75, 3.05) is 13.1 Å². The van der Waals surface area contributed by atoms with Gasteiger partial charge in [-0.05, 0) is 50.8 Å². The minimum Gasteiger partial charge on any atom is -0.337 e. The van der Waals surface area contributed by atoms with E-state index in [0.717, 1.165) is 35.6 Å². The van der Waals surface area contributed by atoms with Crippen LogP contribution in [0, 0.1) is 6.92 Å². The molecule has 2 aromatic heterocycles. The number of aryl methyl sites for hydroxylation is 1. The summed E-state index contributed by atoms with van der Waals surface area (Å²) in [6.45, 7) is 3.27. The van der Waals surface area contributed by atoms with E-state index in [1.807, 2.05) is 42.2 Å². The molecule has 1 aliphatic carbocycles. The smallest absolute Gasteiger partial charge is 0.337 e. The van der Waals surface area contributed by atoms with Crippen LogP contribution in [0.25, 0.3) is 5.69 Å². The normalized spacial score (nSPS) is 17.6. The van der Waals surface area contributed by atoms with Gasteiger partial charge in [-0.1, -0.05) is 17.7 Å². The van der Waals surface area contributed by atoms with Gasteiger partial charge in [0.2, 0.25) is 0 Å². The maximum atomic E-state index is 12.8. The summed E-state index contributed by atoms with van der Waals surface area (Å²) in [5, 5.41) is 14.1. The molecule has 2 N–H and O–H groups in total. The van der Waals surface area contributed by atoms with Crippen molar-refractivity contribution in [2.24, 2.45) is 0 Å². The van der Waals surface area contributed by atoms with Gasteiger partial charge in [-0.25, -0.2) is 14.5 Å². The number of nitrogens with zero attached hydrogens (tertiary/aromatic N) is 4. The molecule has 1 saturated heterocycles. The maximum absolute atomic E-state index is 12.8. The number of aromatic amines is 2. The molecule has 2 fully saturated rings. The molecule has 8 nitrogen and oxygen atoms in total. The van der Waals surface area contributed by atoms with Crippen molar-refractivity contribution >= 4 is 5.91 Å². The van der Waals surface area contributed by atoms with Gasteiger partial charge in [0.15, 0.2) is 0 Å². The number of likely N-dealkylation sites (tertiary alicyclic amines) is 1. The zero-order valence-corrected chi connectivity index (χ0v) is 16.4. The molecule has 0 bridgehead atoms. The Balaban J connectivity index is 1.30. The van der Waals surface area contributed by atoms with Gasteiger partial charge in [-0.15, -0.1) is 0 Å². The summed E-state index contributed by atoms with van der Waals surface area (Å²) in [5.41, 5.74) is 3.30. The first-order chi connectivity index (χ1) is 14.1. The summed E-state index contributed by atoms with van der Waals surface area (Å²) in [6, 6.07) is 9.74. The Kier molecular flexibility index (Phi) is 4.34. The molecule has 8 heteroatoms. The first-order valence-electron chi connectivity index (χ1n) is 10.2. The van der Waals surface area contributed by atoms with E-state index in [2.05, 4.69) is 20.4 Å². The molecule has 1 aromatic carbocycles. The van der Waals surface area contributed by atoms with Crippen LogP contribution in [0.15, 0.2) is 35.1 Å². The number of H-pyrrole nitrogens is 2. The van der Waals surface area contributed by atoms with Crippen LogP contribution in [-0.4, -0.2) is 48.9 Å². The summed E-state index contributed by atoms with van der Waals surface area (Å²) >= 11 is 0.